The summed E-state index contributed by atoms with van der Waals surface area (Å²) < 4.78 is 9.80. The van der Waals surface area contributed by atoms with Gasteiger partial charge < -0.3 is 25.6 Å². The van der Waals surface area contributed by atoms with Crippen LogP contribution >= 0.6 is 0 Å². The summed E-state index contributed by atoms with van der Waals surface area (Å²) in [7, 11) is 1.47. The molecule has 1 amide bonds. The van der Waals surface area contributed by atoms with Crippen LogP contribution in [-0.4, -0.2) is 54.4 Å². The predicted octanol–water partition coefficient (Wildman–Crippen LogP) is -0.349. The number of hydrogen-bond acceptors (Lipinski definition) is 6. The van der Waals surface area contributed by atoms with Crippen LogP contribution in [0.2, 0.25) is 0 Å². The molecular weight excluding hydrogens is 280 g/mol. The van der Waals surface area contributed by atoms with E-state index in [2.05, 4.69) is 5.32 Å². The second kappa shape index (κ2) is 8.58. The first kappa shape index (κ1) is 19.3. The van der Waals surface area contributed by atoms with E-state index in [9.17, 15) is 14.4 Å². The maximum Gasteiger partial charge on any atom is 0.326 e. The number of carboxylic acids is 1. The molecule has 0 aliphatic carbocycles. The Morgan fingerprint density at radius 3 is 2.29 bits per heavy atom. The number of methoxy groups -OCH3 is 1. The third-order valence-electron chi connectivity index (χ3n) is 2.38. The van der Waals surface area contributed by atoms with Gasteiger partial charge in [-0.05, 0) is 27.2 Å². The van der Waals surface area contributed by atoms with E-state index in [-0.39, 0.29) is 13.0 Å². The molecule has 0 rings (SSSR count). The highest BCUT2D eigenvalue weighted by atomic mass is 16.6. The van der Waals surface area contributed by atoms with Crippen molar-refractivity contribution in [1.29, 1.82) is 0 Å². The van der Waals surface area contributed by atoms with E-state index < -0.39 is 42.0 Å². The van der Waals surface area contributed by atoms with E-state index >= 15 is 0 Å². The number of nitrogens with two attached hydrogens (primary N) is 1. The minimum Gasteiger partial charge on any atom is -0.480 e. The van der Waals surface area contributed by atoms with Gasteiger partial charge >= 0.3 is 11.9 Å². The lowest BCUT2D eigenvalue weighted by atomic mass is 10.1. The Bertz CT molecular complexity index is 377. The maximum absolute atomic E-state index is 11.7. The summed E-state index contributed by atoms with van der Waals surface area (Å²) in [5.41, 5.74) is 4.86. The van der Waals surface area contributed by atoms with Crippen molar-refractivity contribution in [3.05, 3.63) is 0 Å². The molecule has 0 aromatic rings. The molecule has 122 valence electrons. The Kier molecular flexibility index (Phi) is 7.90. The van der Waals surface area contributed by atoms with Gasteiger partial charge in [0.25, 0.3) is 0 Å². The molecule has 0 saturated heterocycles. The molecule has 4 N–H and O–H groups in total. The van der Waals surface area contributed by atoms with Gasteiger partial charge in [0, 0.05) is 13.7 Å². The lowest BCUT2D eigenvalue weighted by Crippen LogP contribution is -2.49. The zero-order valence-electron chi connectivity index (χ0n) is 12.8. The minimum atomic E-state index is -1.37. The molecule has 0 aliphatic rings. The van der Waals surface area contributed by atoms with Crippen molar-refractivity contribution in [3.63, 3.8) is 0 Å². The predicted molar refractivity (Wildman–Crippen MR) is 74.5 cm³/mol. The van der Waals surface area contributed by atoms with E-state index in [1.54, 1.807) is 20.8 Å². The number of aliphatic carboxylic acids is 1. The molecule has 0 aromatic carbocycles. The summed E-state index contributed by atoms with van der Waals surface area (Å²) in [5, 5.41) is 11.3. The fourth-order valence-corrected chi connectivity index (χ4v) is 1.40. The van der Waals surface area contributed by atoms with Gasteiger partial charge in [-0.2, -0.15) is 0 Å². The number of hydrogen-bond donors (Lipinski definition) is 3. The monoisotopic (exact) mass is 304 g/mol. The molecule has 21 heavy (non-hydrogen) atoms. The SMILES string of the molecule is COCCC(N)C(=O)N[C@@H](CC(=O)OC(C)(C)C)C(=O)O. The molecule has 0 saturated carbocycles. The molecule has 0 bridgehead atoms. The van der Waals surface area contributed by atoms with Crippen molar-refractivity contribution in [2.45, 2.75) is 51.3 Å². The van der Waals surface area contributed by atoms with Gasteiger partial charge in [0.05, 0.1) is 12.5 Å². The third-order valence-corrected chi connectivity index (χ3v) is 2.38. The quantitative estimate of drug-likeness (QED) is 0.523. The summed E-state index contributed by atoms with van der Waals surface area (Å²) >= 11 is 0. The smallest absolute Gasteiger partial charge is 0.326 e. The highest BCUT2D eigenvalue weighted by molar-refractivity contribution is 5.89. The highest BCUT2D eigenvalue weighted by Crippen LogP contribution is 2.09. The molecule has 0 heterocycles. The Morgan fingerprint density at radius 1 is 1.29 bits per heavy atom. The molecule has 0 spiro atoms. The summed E-state index contributed by atoms with van der Waals surface area (Å²) in [5.74, 6) is -2.68. The van der Waals surface area contributed by atoms with E-state index in [0.717, 1.165) is 0 Å². The molecule has 2 atom stereocenters. The number of esters is 1. The second-order valence-electron chi connectivity index (χ2n) is 5.58. The van der Waals surface area contributed by atoms with Crippen LogP contribution in [0.5, 0.6) is 0 Å². The summed E-state index contributed by atoms with van der Waals surface area (Å²) in [6.07, 6.45) is -0.212. The lowest BCUT2D eigenvalue weighted by Gasteiger charge is -2.22. The molecule has 0 aromatic heterocycles. The molecule has 8 heteroatoms. The maximum atomic E-state index is 11.7. The lowest BCUT2D eigenvalue weighted by molar-refractivity contribution is -0.158. The Balaban J connectivity index is 4.53. The van der Waals surface area contributed by atoms with E-state index in [1.165, 1.54) is 7.11 Å². The van der Waals surface area contributed by atoms with Crippen molar-refractivity contribution >= 4 is 17.8 Å². The van der Waals surface area contributed by atoms with Crippen molar-refractivity contribution in [2.75, 3.05) is 13.7 Å². The van der Waals surface area contributed by atoms with Gasteiger partial charge in [-0.3, -0.25) is 9.59 Å². The average molecular weight is 304 g/mol. The zero-order chi connectivity index (χ0) is 16.6. The van der Waals surface area contributed by atoms with Crippen molar-refractivity contribution in [1.82, 2.24) is 5.32 Å². The Morgan fingerprint density at radius 2 is 1.86 bits per heavy atom. The first-order valence-corrected chi connectivity index (χ1v) is 6.56. The van der Waals surface area contributed by atoms with Crippen molar-refractivity contribution in [2.24, 2.45) is 5.73 Å². The molecule has 0 aliphatic heterocycles. The van der Waals surface area contributed by atoms with Crippen LogP contribution in [0, 0.1) is 0 Å². The van der Waals surface area contributed by atoms with Crippen LogP contribution in [0.4, 0.5) is 0 Å². The number of carbonyl (C=O) groups excluding carboxylic acids is 2. The number of carbonyl (C=O) groups is 3. The molecule has 8 nitrogen and oxygen atoms in total. The first-order valence-electron chi connectivity index (χ1n) is 6.56. The number of amides is 1. The second-order valence-corrected chi connectivity index (χ2v) is 5.58. The summed E-state index contributed by atoms with van der Waals surface area (Å²) in [6, 6.07) is -2.27. The van der Waals surface area contributed by atoms with E-state index in [0.29, 0.717) is 0 Å². The number of rotatable bonds is 8. The Hall–Kier alpha value is -1.67. The van der Waals surface area contributed by atoms with Gasteiger partial charge in [-0.15, -0.1) is 0 Å². The van der Waals surface area contributed by atoms with Gasteiger partial charge in [0.15, 0.2) is 0 Å². The standard InChI is InChI=1S/C13H24N2O6/c1-13(2,3)21-10(16)7-9(12(18)19)15-11(17)8(14)5-6-20-4/h8-9H,5-7,14H2,1-4H3,(H,15,17)(H,18,19)/t8?,9-/m0/s1. The largest absolute Gasteiger partial charge is 0.480 e. The average Bonchev–Trinajstić information content (AvgIpc) is 2.32. The summed E-state index contributed by atoms with van der Waals surface area (Å²) in [4.78, 5) is 34.4. The zero-order valence-corrected chi connectivity index (χ0v) is 12.8. The van der Waals surface area contributed by atoms with Gasteiger partial charge in [-0.25, -0.2) is 4.79 Å². The van der Waals surface area contributed by atoms with Crippen LogP contribution in [0.25, 0.3) is 0 Å². The fraction of sp³-hybridized carbons (Fsp3) is 0.769. The highest BCUT2D eigenvalue weighted by Gasteiger charge is 2.28. The number of nitrogens with one attached hydrogen (secondary N) is 1. The molecule has 0 fully saturated rings. The number of ether oxygens (including phenoxy) is 2. The molecule has 1 unspecified atom stereocenters. The minimum absolute atomic E-state index is 0.251. The van der Waals surface area contributed by atoms with E-state index in [1.807, 2.05) is 0 Å². The topological polar surface area (TPSA) is 128 Å². The van der Waals surface area contributed by atoms with E-state index in [4.69, 9.17) is 20.3 Å². The van der Waals surface area contributed by atoms with Crippen molar-refractivity contribution < 1.29 is 29.0 Å². The van der Waals surface area contributed by atoms with Crippen molar-refractivity contribution in [3.8, 4) is 0 Å². The van der Waals surface area contributed by atoms with Crippen LogP contribution in [-0.2, 0) is 23.9 Å². The van der Waals surface area contributed by atoms with Crippen LogP contribution in [0.1, 0.15) is 33.6 Å². The number of carboxylic acid groups (broad SMARTS) is 1. The van der Waals surface area contributed by atoms with Crippen LogP contribution in [0.15, 0.2) is 0 Å². The first-order chi connectivity index (χ1) is 9.56. The van der Waals surface area contributed by atoms with Gasteiger partial charge in [0.2, 0.25) is 5.91 Å². The van der Waals surface area contributed by atoms with Gasteiger partial charge in [0.1, 0.15) is 11.6 Å². The molecule has 0 radical (unpaired) electrons. The molecular formula is C13H24N2O6. The Labute approximate surface area is 124 Å². The third kappa shape index (κ3) is 8.98. The van der Waals surface area contributed by atoms with Crippen LogP contribution in [0.3, 0.4) is 0 Å². The summed E-state index contributed by atoms with van der Waals surface area (Å²) in [6.45, 7) is 5.28. The fourth-order valence-electron chi connectivity index (χ4n) is 1.40. The van der Waals surface area contributed by atoms with Gasteiger partial charge in [-0.1, -0.05) is 0 Å². The van der Waals surface area contributed by atoms with Crippen LogP contribution < -0.4 is 11.1 Å². The normalized spacial score (nSPS) is 14.1.